The number of nitrogens with zero attached hydrogens (tertiary/aromatic N) is 2. The number of hydrogen-bond acceptors (Lipinski definition) is 6. The summed E-state index contributed by atoms with van der Waals surface area (Å²) in [7, 11) is 1.65. The Balaban J connectivity index is 2.25. The quantitative estimate of drug-likeness (QED) is 0.770. The fourth-order valence-electron chi connectivity index (χ4n) is 1.75. The number of ether oxygens (including phenoxy) is 1. The molecule has 1 aliphatic rings. The molecule has 1 saturated carbocycles. The molecule has 6 nitrogen and oxygen atoms in total. The average molecular weight is 256 g/mol. The standard InChI is InChI=1S/C10H16N4O2S/c1-16-5-4-14(6-2-3-6)10-7(9(12)15)8(11)13-17-10/h6H,2-5H2,1H3,(H2,11,13)(H2,12,15). The molecule has 0 aliphatic heterocycles. The number of hydrogen-bond donors (Lipinski definition) is 2. The second-order valence-corrected chi connectivity index (χ2v) is 4.78. The molecule has 7 heteroatoms. The van der Waals surface area contributed by atoms with E-state index in [1.165, 1.54) is 11.5 Å². The van der Waals surface area contributed by atoms with Crippen LogP contribution in [0.25, 0.3) is 0 Å². The summed E-state index contributed by atoms with van der Waals surface area (Å²) in [4.78, 5) is 13.5. The van der Waals surface area contributed by atoms with E-state index in [4.69, 9.17) is 16.2 Å². The van der Waals surface area contributed by atoms with E-state index in [2.05, 4.69) is 9.27 Å². The molecule has 1 heterocycles. The number of rotatable bonds is 6. The lowest BCUT2D eigenvalue weighted by Crippen LogP contribution is -2.30. The molecule has 1 fully saturated rings. The largest absolute Gasteiger partial charge is 0.383 e. The van der Waals surface area contributed by atoms with Gasteiger partial charge in [0.1, 0.15) is 10.6 Å². The highest BCUT2D eigenvalue weighted by Gasteiger charge is 2.33. The van der Waals surface area contributed by atoms with Crippen molar-refractivity contribution in [3.05, 3.63) is 5.56 Å². The van der Waals surface area contributed by atoms with Gasteiger partial charge in [-0.25, -0.2) is 0 Å². The van der Waals surface area contributed by atoms with Crippen molar-refractivity contribution >= 4 is 28.3 Å². The van der Waals surface area contributed by atoms with Crippen LogP contribution in [0.5, 0.6) is 0 Å². The molecule has 2 rings (SSSR count). The van der Waals surface area contributed by atoms with Gasteiger partial charge in [0.25, 0.3) is 5.91 Å². The van der Waals surface area contributed by atoms with Gasteiger partial charge in [0.05, 0.1) is 6.61 Å². The van der Waals surface area contributed by atoms with Crippen molar-refractivity contribution in [3.8, 4) is 0 Å². The molecule has 1 amide bonds. The molecule has 1 aromatic rings. The molecule has 94 valence electrons. The highest BCUT2D eigenvalue weighted by Crippen LogP contribution is 2.37. The molecular weight excluding hydrogens is 240 g/mol. The van der Waals surface area contributed by atoms with E-state index >= 15 is 0 Å². The van der Waals surface area contributed by atoms with Crippen molar-refractivity contribution in [3.63, 3.8) is 0 Å². The number of carbonyl (C=O) groups excluding carboxylic acids is 1. The minimum absolute atomic E-state index is 0.223. The van der Waals surface area contributed by atoms with E-state index in [1.807, 2.05) is 0 Å². The normalized spacial score (nSPS) is 14.9. The fraction of sp³-hybridized carbons (Fsp3) is 0.600. The van der Waals surface area contributed by atoms with Gasteiger partial charge in [-0.3, -0.25) is 4.79 Å². The Morgan fingerprint density at radius 1 is 1.65 bits per heavy atom. The van der Waals surface area contributed by atoms with Gasteiger partial charge in [-0.15, -0.1) is 0 Å². The predicted molar refractivity (Wildman–Crippen MR) is 67.3 cm³/mol. The number of methoxy groups -OCH3 is 1. The maximum absolute atomic E-state index is 11.4. The van der Waals surface area contributed by atoms with Gasteiger partial charge in [0.15, 0.2) is 5.82 Å². The van der Waals surface area contributed by atoms with E-state index in [0.29, 0.717) is 18.2 Å². The zero-order valence-corrected chi connectivity index (χ0v) is 10.5. The summed E-state index contributed by atoms with van der Waals surface area (Å²) in [5.74, 6) is -0.296. The van der Waals surface area contributed by atoms with Crippen LogP contribution < -0.4 is 16.4 Å². The maximum atomic E-state index is 11.4. The highest BCUT2D eigenvalue weighted by atomic mass is 32.1. The summed E-state index contributed by atoms with van der Waals surface area (Å²) in [6, 6.07) is 0.461. The first-order valence-electron chi connectivity index (χ1n) is 5.45. The molecule has 0 unspecified atom stereocenters. The van der Waals surface area contributed by atoms with Gasteiger partial charge in [-0.2, -0.15) is 4.37 Å². The number of amides is 1. The lowest BCUT2D eigenvalue weighted by atomic mass is 10.2. The molecule has 0 bridgehead atoms. The minimum atomic E-state index is -0.519. The van der Waals surface area contributed by atoms with Crippen LogP contribution >= 0.6 is 11.5 Å². The first-order valence-corrected chi connectivity index (χ1v) is 6.23. The molecular formula is C10H16N4O2S. The number of nitrogen functional groups attached to an aromatic ring is 1. The topological polar surface area (TPSA) is 94.5 Å². The van der Waals surface area contributed by atoms with Gasteiger partial charge in [0.2, 0.25) is 0 Å². The van der Waals surface area contributed by atoms with Crippen LogP contribution in [0.3, 0.4) is 0 Å². The SMILES string of the molecule is COCCN(c1snc(N)c1C(N)=O)C1CC1. The van der Waals surface area contributed by atoms with Gasteiger partial charge in [0, 0.05) is 19.7 Å². The summed E-state index contributed by atoms with van der Waals surface area (Å²) in [5.41, 5.74) is 11.4. The highest BCUT2D eigenvalue weighted by molar-refractivity contribution is 7.11. The third kappa shape index (κ3) is 2.50. The molecule has 0 spiro atoms. The van der Waals surface area contributed by atoms with E-state index < -0.39 is 5.91 Å². The van der Waals surface area contributed by atoms with Gasteiger partial charge in [-0.05, 0) is 24.4 Å². The molecule has 0 saturated heterocycles. The van der Waals surface area contributed by atoms with Crippen LogP contribution in [0.1, 0.15) is 23.2 Å². The first-order chi connectivity index (χ1) is 8.15. The summed E-state index contributed by atoms with van der Waals surface area (Å²) in [6.07, 6.45) is 2.25. The first kappa shape index (κ1) is 12.1. The predicted octanol–water partition coefficient (Wildman–Crippen LogP) is 0.439. The van der Waals surface area contributed by atoms with Crippen molar-refractivity contribution in [2.45, 2.75) is 18.9 Å². The number of primary amides is 1. The Labute approximate surface area is 104 Å². The summed E-state index contributed by atoms with van der Waals surface area (Å²) >= 11 is 1.23. The molecule has 0 aromatic carbocycles. The summed E-state index contributed by atoms with van der Waals surface area (Å²) in [5, 5.41) is 0.773. The number of nitrogens with two attached hydrogens (primary N) is 2. The number of anilines is 2. The van der Waals surface area contributed by atoms with E-state index in [1.54, 1.807) is 7.11 Å². The lowest BCUT2D eigenvalue weighted by molar-refractivity contribution is 0.100. The zero-order chi connectivity index (χ0) is 12.4. The molecule has 1 aliphatic carbocycles. The van der Waals surface area contributed by atoms with Gasteiger partial charge in [-0.1, -0.05) is 0 Å². The number of aromatic nitrogens is 1. The van der Waals surface area contributed by atoms with E-state index in [9.17, 15) is 4.79 Å². The van der Waals surface area contributed by atoms with Crippen molar-refractivity contribution in [2.75, 3.05) is 30.9 Å². The molecule has 17 heavy (non-hydrogen) atoms. The smallest absolute Gasteiger partial charge is 0.255 e. The Bertz CT molecular complexity index is 416. The van der Waals surface area contributed by atoms with Crippen molar-refractivity contribution in [1.82, 2.24) is 4.37 Å². The van der Waals surface area contributed by atoms with Crippen LogP contribution in [-0.2, 0) is 4.74 Å². The Morgan fingerprint density at radius 2 is 2.35 bits per heavy atom. The van der Waals surface area contributed by atoms with Gasteiger partial charge < -0.3 is 21.1 Å². The third-order valence-corrected chi connectivity index (χ3v) is 3.63. The Morgan fingerprint density at radius 3 is 2.88 bits per heavy atom. The Kier molecular flexibility index (Phi) is 3.49. The monoisotopic (exact) mass is 256 g/mol. The molecule has 0 radical (unpaired) electrons. The van der Waals surface area contributed by atoms with Crippen molar-refractivity contribution in [1.29, 1.82) is 0 Å². The van der Waals surface area contributed by atoms with E-state index in [-0.39, 0.29) is 5.82 Å². The van der Waals surface area contributed by atoms with Crippen molar-refractivity contribution in [2.24, 2.45) is 5.73 Å². The fourth-order valence-corrected chi connectivity index (χ4v) is 2.66. The van der Waals surface area contributed by atoms with Crippen molar-refractivity contribution < 1.29 is 9.53 Å². The number of carbonyl (C=O) groups is 1. The maximum Gasteiger partial charge on any atom is 0.255 e. The summed E-state index contributed by atoms with van der Waals surface area (Å²) < 4.78 is 9.09. The Hall–Kier alpha value is -1.34. The molecule has 1 aromatic heterocycles. The van der Waals surface area contributed by atoms with Crippen LogP contribution in [0.2, 0.25) is 0 Å². The minimum Gasteiger partial charge on any atom is -0.383 e. The second kappa shape index (κ2) is 4.89. The van der Waals surface area contributed by atoms with Crippen LogP contribution in [0, 0.1) is 0 Å². The molecule has 0 atom stereocenters. The van der Waals surface area contributed by atoms with Crippen LogP contribution in [0.4, 0.5) is 10.8 Å². The van der Waals surface area contributed by atoms with E-state index in [0.717, 1.165) is 24.4 Å². The van der Waals surface area contributed by atoms with Crippen LogP contribution in [-0.4, -0.2) is 36.6 Å². The van der Waals surface area contributed by atoms with Crippen LogP contribution in [0.15, 0.2) is 0 Å². The lowest BCUT2D eigenvalue weighted by Gasteiger charge is -2.22. The van der Waals surface area contributed by atoms with Gasteiger partial charge >= 0.3 is 0 Å². The average Bonchev–Trinajstić information content (AvgIpc) is 3.03. The molecule has 4 N–H and O–H groups in total. The second-order valence-electron chi connectivity index (χ2n) is 4.03. The third-order valence-electron chi connectivity index (χ3n) is 2.73. The summed E-state index contributed by atoms with van der Waals surface area (Å²) in [6.45, 7) is 1.33. The zero-order valence-electron chi connectivity index (χ0n) is 9.68.